The second-order valence-electron chi connectivity index (χ2n) is 3.79. The summed E-state index contributed by atoms with van der Waals surface area (Å²) in [6.07, 6.45) is 3.37. The third-order valence-corrected chi connectivity index (χ3v) is 2.70. The molecule has 0 fully saturated rings. The van der Waals surface area contributed by atoms with Crippen LogP contribution in [0.15, 0.2) is 31.0 Å². The van der Waals surface area contributed by atoms with Gasteiger partial charge >= 0.3 is 5.97 Å². The molecule has 0 spiro atoms. The summed E-state index contributed by atoms with van der Waals surface area (Å²) in [6, 6.07) is 5.55. The van der Waals surface area contributed by atoms with Gasteiger partial charge in [0.2, 0.25) is 0 Å². The number of hydrogen-bond acceptors (Lipinski definition) is 3. The number of hydrogen-bond donors (Lipinski definition) is 0. The Morgan fingerprint density at radius 1 is 1.47 bits per heavy atom. The number of carbonyl (C=O) groups excluding carboxylic acids is 1. The molecular weight excluding hydrogens is 214 g/mol. The smallest absolute Gasteiger partial charge is 0.338 e. The number of fused-ring (bicyclic) bond motifs is 1. The first kappa shape index (κ1) is 11.3. The highest BCUT2D eigenvalue weighted by Gasteiger charge is 2.12. The van der Waals surface area contributed by atoms with Crippen molar-refractivity contribution in [3.05, 3.63) is 47.7 Å². The van der Waals surface area contributed by atoms with Crippen molar-refractivity contribution in [2.24, 2.45) is 0 Å². The largest absolute Gasteiger partial charge is 0.465 e. The fraction of sp³-hybridized carbons (Fsp3) is 0.143. The Kier molecular flexibility index (Phi) is 2.91. The van der Waals surface area contributed by atoms with Crippen LogP contribution in [0.4, 0.5) is 0 Å². The Bertz CT molecular complexity index is 602. The molecule has 1 heterocycles. The van der Waals surface area contributed by atoms with Gasteiger partial charge in [-0.2, -0.15) is 0 Å². The number of aromatic nitrogens is 1. The second kappa shape index (κ2) is 4.37. The summed E-state index contributed by atoms with van der Waals surface area (Å²) < 4.78 is 4.77. The summed E-state index contributed by atoms with van der Waals surface area (Å²) in [6.45, 7) is 5.70. The summed E-state index contributed by atoms with van der Waals surface area (Å²) in [7, 11) is 1.37. The SMILES string of the molecule is C=Cc1cc(C)c2nccc(C(=O)OC)c2c1. The van der Waals surface area contributed by atoms with Crippen LogP contribution in [0, 0.1) is 6.92 Å². The van der Waals surface area contributed by atoms with E-state index >= 15 is 0 Å². The highest BCUT2D eigenvalue weighted by atomic mass is 16.5. The normalized spacial score (nSPS) is 10.2. The van der Waals surface area contributed by atoms with E-state index in [-0.39, 0.29) is 5.97 Å². The van der Waals surface area contributed by atoms with Crippen LogP contribution in [0.1, 0.15) is 21.5 Å². The monoisotopic (exact) mass is 227 g/mol. The summed E-state index contributed by atoms with van der Waals surface area (Å²) >= 11 is 0. The minimum absolute atomic E-state index is 0.349. The Morgan fingerprint density at radius 3 is 2.88 bits per heavy atom. The number of ether oxygens (including phenoxy) is 1. The number of methoxy groups -OCH3 is 1. The molecule has 1 aromatic heterocycles. The number of benzene rings is 1. The number of rotatable bonds is 2. The molecule has 3 nitrogen and oxygen atoms in total. The molecule has 0 aliphatic heterocycles. The van der Waals surface area contributed by atoms with E-state index in [0.29, 0.717) is 5.56 Å². The second-order valence-corrected chi connectivity index (χ2v) is 3.79. The lowest BCUT2D eigenvalue weighted by Gasteiger charge is -2.07. The third kappa shape index (κ3) is 1.91. The van der Waals surface area contributed by atoms with Gasteiger partial charge in [-0.05, 0) is 36.2 Å². The lowest BCUT2D eigenvalue weighted by Crippen LogP contribution is -2.03. The van der Waals surface area contributed by atoms with Crippen LogP contribution in [0.25, 0.3) is 17.0 Å². The van der Waals surface area contributed by atoms with Gasteiger partial charge in [-0.15, -0.1) is 0 Å². The lowest BCUT2D eigenvalue weighted by molar-refractivity contribution is 0.0603. The number of aryl methyl sites for hydroxylation is 1. The van der Waals surface area contributed by atoms with Gasteiger partial charge < -0.3 is 4.74 Å². The van der Waals surface area contributed by atoms with Crippen molar-refractivity contribution < 1.29 is 9.53 Å². The van der Waals surface area contributed by atoms with Crippen molar-refractivity contribution in [2.75, 3.05) is 7.11 Å². The van der Waals surface area contributed by atoms with E-state index in [2.05, 4.69) is 11.6 Å². The highest BCUT2D eigenvalue weighted by Crippen LogP contribution is 2.23. The summed E-state index contributed by atoms with van der Waals surface area (Å²) in [4.78, 5) is 16.0. The first-order chi connectivity index (χ1) is 8.17. The van der Waals surface area contributed by atoms with Crippen LogP contribution in [0.2, 0.25) is 0 Å². The van der Waals surface area contributed by atoms with E-state index in [9.17, 15) is 4.79 Å². The van der Waals surface area contributed by atoms with Gasteiger partial charge in [0.25, 0.3) is 0 Å². The van der Waals surface area contributed by atoms with Gasteiger partial charge in [0.1, 0.15) is 0 Å². The molecule has 86 valence electrons. The highest BCUT2D eigenvalue weighted by molar-refractivity contribution is 6.04. The van der Waals surface area contributed by atoms with E-state index in [1.165, 1.54) is 7.11 Å². The molecular formula is C14H13NO2. The first-order valence-corrected chi connectivity index (χ1v) is 5.27. The Hall–Kier alpha value is -2.16. The zero-order valence-corrected chi connectivity index (χ0v) is 9.86. The molecule has 2 aromatic rings. The van der Waals surface area contributed by atoms with E-state index in [4.69, 9.17) is 4.74 Å². The molecule has 0 radical (unpaired) electrons. The van der Waals surface area contributed by atoms with E-state index in [1.807, 2.05) is 19.1 Å². The van der Waals surface area contributed by atoms with Crippen molar-refractivity contribution in [1.82, 2.24) is 4.98 Å². The maximum atomic E-state index is 11.7. The van der Waals surface area contributed by atoms with Crippen LogP contribution in [-0.2, 0) is 4.74 Å². The predicted molar refractivity (Wildman–Crippen MR) is 67.9 cm³/mol. The molecule has 0 atom stereocenters. The molecule has 0 saturated heterocycles. The Morgan fingerprint density at radius 2 is 2.24 bits per heavy atom. The molecule has 0 aliphatic rings. The zero-order chi connectivity index (χ0) is 12.4. The van der Waals surface area contributed by atoms with Crippen molar-refractivity contribution in [2.45, 2.75) is 6.92 Å². The van der Waals surface area contributed by atoms with Crippen molar-refractivity contribution in [1.29, 1.82) is 0 Å². The molecule has 0 amide bonds. The average molecular weight is 227 g/mol. The molecule has 0 saturated carbocycles. The number of pyridine rings is 1. The quantitative estimate of drug-likeness (QED) is 0.740. The third-order valence-electron chi connectivity index (χ3n) is 2.70. The van der Waals surface area contributed by atoms with Gasteiger partial charge in [0.15, 0.2) is 0 Å². The number of carbonyl (C=O) groups is 1. The van der Waals surface area contributed by atoms with Gasteiger partial charge in [-0.1, -0.05) is 12.7 Å². The fourth-order valence-corrected chi connectivity index (χ4v) is 1.87. The average Bonchev–Trinajstić information content (AvgIpc) is 2.37. The molecule has 2 rings (SSSR count). The van der Waals surface area contributed by atoms with Crippen LogP contribution >= 0.6 is 0 Å². The number of nitrogens with zero attached hydrogens (tertiary/aromatic N) is 1. The van der Waals surface area contributed by atoms with E-state index < -0.39 is 0 Å². The van der Waals surface area contributed by atoms with Crippen LogP contribution in [0.5, 0.6) is 0 Å². The molecule has 0 aliphatic carbocycles. The molecule has 1 aromatic carbocycles. The minimum atomic E-state index is -0.349. The topological polar surface area (TPSA) is 39.2 Å². The molecule has 3 heteroatoms. The Balaban J connectivity index is 2.82. The van der Waals surface area contributed by atoms with Crippen LogP contribution < -0.4 is 0 Å². The molecule has 0 unspecified atom stereocenters. The Labute approximate surface area is 99.7 Å². The van der Waals surface area contributed by atoms with Crippen molar-refractivity contribution >= 4 is 22.9 Å². The molecule has 0 bridgehead atoms. The molecule has 17 heavy (non-hydrogen) atoms. The first-order valence-electron chi connectivity index (χ1n) is 5.27. The standard InChI is InChI=1S/C14H13NO2/c1-4-10-7-9(2)13-12(8-10)11(5-6-15-13)14(16)17-3/h4-8H,1H2,2-3H3. The lowest BCUT2D eigenvalue weighted by atomic mass is 10.0. The maximum absolute atomic E-state index is 11.7. The minimum Gasteiger partial charge on any atom is -0.465 e. The van der Waals surface area contributed by atoms with E-state index in [0.717, 1.165) is 22.0 Å². The number of esters is 1. The zero-order valence-electron chi connectivity index (χ0n) is 9.86. The van der Waals surface area contributed by atoms with Crippen LogP contribution in [0.3, 0.4) is 0 Å². The van der Waals surface area contributed by atoms with E-state index in [1.54, 1.807) is 18.3 Å². The maximum Gasteiger partial charge on any atom is 0.338 e. The fourth-order valence-electron chi connectivity index (χ4n) is 1.87. The van der Waals surface area contributed by atoms with Crippen molar-refractivity contribution in [3.8, 4) is 0 Å². The van der Waals surface area contributed by atoms with Crippen LogP contribution in [-0.4, -0.2) is 18.1 Å². The van der Waals surface area contributed by atoms with Gasteiger partial charge in [-0.25, -0.2) is 4.79 Å². The summed E-state index contributed by atoms with van der Waals surface area (Å²) in [5, 5.41) is 0.800. The van der Waals surface area contributed by atoms with Crippen molar-refractivity contribution in [3.63, 3.8) is 0 Å². The van der Waals surface area contributed by atoms with Gasteiger partial charge in [-0.3, -0.25) is 4.98 Å². The summed E-state index contributed by atoms with van der Waals surface area (Å²) in [5.41, 5.74) is 3.33. The molecule has 0 N–H and O–H groups in total. The van der Waals surface area contributed by atoms with Gasteiger partial charge in [0, 0.05) is 11.6 Å². The van der Waals surface area contributed by atoms with Gasteiger partial charge in [0.05, 0.1) is 18.2 Å². The summed E-state index contributed by atoms with van der Waals surface area (Å²) in [5.74, 6) is -0.349. The predicted octanol–water partition coefficient (Wildman–Crippen LogP) is 2.97.